The number of nitrogens with zero attached hydrogens (tertiary/aromatic N) is 2. The Morgan fingerprint density at radius 3 is 2.50 bits per heavy atom. The lowest BCUT2D eigenvalue weighted by Gasteiger charge is -2.07. The fraction of sp³-hybridized carbons (Fsp3) is 0.250. The van der Waals surface area contributed by atoms with Crippen molar-refractivity contribution in [3.8, 4) is 5.69 Å². The van der Waals surface area contributed by atoms with E-state index >= 15 is 0 Å². The lowest BCUT2D eigenvalue weighted by Crippen LogP contribution is -2.07. The highest BCUT2D eigenvalue weighted by Crippen LogP contribution is 2.28. The summed E-state index contributed by atoms with van der Waals surface area (Å²) in [5.74, 6) is 0.369. The Balaban J connectivity index is 2.40. The standard InChI is InChI=1S/C12H10ClF3N2/c1-8-6-9(7-13)2-3-10(8)18-5-4-11(17-18)12(14,15)16/h2-6H,7H2,1H3. The van der Waals surface area contributed by atoms with Gasteiger partial charge in [-0.2, -0.15) is 18.3 Å². The monoisotopic (exact) mass is 274 g/mol. The summed E-state index contributed by atoms with van der Waals surface area (Å²) in [6, 6.07) is 6.26. The molecule has 2 nitrogen and oxygen atoms in total. The second kappa shape index (κ2) is 4.65. The molecule has 2 aromatic rings. The van der Waals surface area contributed by atoms with Gasteiger partial charge in [-0.25, -0.2) is 4.68 Å². The maximum atomic E-state index is 12.4. The molecular formula is C12H10ClF3N2. The molecule has 1 aromatic carbocycles. The van der Waals surface area contributed by atoms with Gasteiger partial charge in [0.15, 0.2) is 5.69 Å². The molecule has 0 unspecified atom stereocenters. The third-order valence-corrected chi connectivity index (χ3v) is 2.85. The molecule has 0 fully saturated rings. The zero-order valence-corrected chi connectivity index (χ0v) is 10.3. The van der Waals surface area contributed by atoms with Gasteiger partial charge in [-0.05, 0) is 30.2 Å². The molecule has 1 aromatic heterocycles. The molecule has 0 aliphatic carbocycles. The van der Waals surface area contributed by atoms with Gasteiger partial charge in [0.05, 0.1) is 5.69 Å². The predicted molar refractivity (Wildman–Crippen MR) is 62.9 cm³/mol. The first kappa shape index (κ1) is 13.0. The molecule has 0 saturated heterocycles. The minimum atomic E-state index is -4.42. The molecule has 2 rings (SSSR count). The number of rotatable bonds is 2. The first-order valence-corrected chi connectivity index (χ1v) is 5.74. The Morgan fingerprint density at radius 1 is 1.28 bits per heavy atom. The van der Waals surface area contributed by atoms with E-state index in [1.165, 1.54) is 10.9 Å². The SMILES string of the molecule is Cc1cc(CCl)ccc1-n1ccc(C(F)(F)F)n1. The molecule has 96 valence electrons. The van der Waals surface area contributed by atoms with Crippen LogP contribution in [0.3, 0.4) is 0 Å². The van der Waals surface area contributed by atoms with Crippen molar-refractivity contribution >= 4 is 11.6 Å². The number of benzene rings is 1. The van der Waals surface area contributed by atoms with E-state index in [0.29, 0.717) is 11.6 Å². The highest BCUT2D eigenvalue weighted by Gasteiger charge is 2.33. The Morgan fingerprint density at radius 2 is 2.00 bits per heavy atom. The zero-order chi connectivity index (χ0) is 13.3. The second-order valence-corrected chi connectivity index (χ2v) is 4.17. The van der Waals surface area contributed by atoms with Crippen molar-refractivity contribution in [3.05, 3.63) is 47.3 Å². The van der Waals surface area contributed by atoms with Crippen LogP contribution in [0.2, 0.25) is 0 Å². The first-order chi connectivity index (χ1) is 8.41. The number of aryl methyl sites for hydroxylation is 1. The summed E-state index contributed by atoms with van der Waals surface area (Å²) in [6.07, 6.45) is -3.12. The minimum Gasteiger partial charge on any atom is -0.240 e. The Labute approximate surface area is 107 Å². The molecule has 0 aliphatic heterocycles. The van der Waals surface area contributed by atoms with E-state index in [2.05, 4.69) is 5.10 Å². The van der Waals surface area contributed by atoms with Crippen molar-refractivity contribution in [2.45, 2.75) is 19.0 Å². The zero-order valence-electron chi connectivity index (χ0n) is 9.50. The molecule has 0 bridgehead atoms. The van der Waals surface area contributed by atoms with E-state index in [1.807, 2.05) is 6.07 Å². The van der Waals surface area contributed by atoms with Crippen molar-refractivity contribution in [2.75, 3.05) is 0 Å². The topological polar surface area (TPSA) is 17.8 Å². The third-order valence-electron chi connectivity index (χ3n) is 2.54. The van der Waals surface area contributed by atoms with Crippen molar-refractivity contribution in [2.24, 2.45) is 0 Å². The van der Waals surface area contributed by atoms with Crippen LogP contribution in [0.15, 0.2) is 30.5 Å². The number of halogens is 4. The molecule has 6 heteroatoms. The van der Waals surface area contributed by atoms with Crippen LogP contribution in [0.1, 0.15) is 16.8 Å². The molecule has 0 amide bonds. The maximum absolute atomic E-state index is 12.4. The fourth-order valence-electron chi connectivity index (χ4n) is 1.67. The minimum absolute atomic E-state index is 0.369. The summed E-state index contributed by atoms with van der Waals surface area (Å²) in [6.45, 7) is 1.81. The summed E-state index contributed by atoms with van der Waals surface area (Å²) in [5.41, 5.74) is 1.45. The van der Waals surface area contributed by atoms with Crippen LogP contribution in [0.5, 0.6) is 0 Å². The fourth-order valence-corrected chi connectivity index (χ4v) is 1.83. The van der Waals surface area contributed by atoms with Gasteiger partial charge in [0, 0.05) is 12.1 Å². The lowest BCUT2D eigenvalue weighted by atomic mass is 10.1. The van der Waals surface area contributed by atoms with E-state index in [-0.39, 0.29) is 0 Å². The first-order valence-electron chi connectivity index (χ1n) is 5.20. The average molecular weight is 275 g/mol. The van der Waals surface area contributed by atoms with Crippen LogP contribution >= 0.6 is 11.6 Å². The Bertz CT molecular complexity index is 561. The largest absolute Gasteiger partial charge is 0.435 e. The van der Waals surface area contributed by atoms with Gasteiger partial charge in [0.2, 0.25) is 0 Å². The van der Waals surface area contributed by atoms with E-state index in [4.69, 9.17) is 11.6 Å². The molecule has 0 aliphatic rings. The highest BCUT2D eigenvalue weighted by atomic mass is 35.5. The van der Waals surface area contributed by atoms with Crippen LogP contribution in [0.4, 0.5) is 13.2 Å². The van der Waals surface area contributed by atoms with Crippen LogP contribution in [0, 0.1) is 6.92 Å². The van der Waals surface area contributed by atoms with Gasteiger partial charge in [0.25, 0.3) is 0 Å². The van der Waals surface area contributed by atoms with Crippen LogP contribution in [-0.2, 0) is 12.1 Å². The maximum Gasteiger partial charge on any atom is 0.435 e. The van der Waals surface area contributed by atoms with Gasteiger partial charge in [-0.1, -0.05) is 12.1 Å². The molecule has 0 atom stereocenters. The number of hydrogen-bond acceptors (Lipinski definition) is 1. The smallest absolute Gasteiger partial charge is 0.240 e. The van der Waals surface area contributed by atoms with Gasteiger partial charge in [-0.15, -0.1) is 11.6 Å². The molecule has 0 saturated carbocycles. The summed E-state index contributed by atoms with van der Waals surface area (Å²) in [4.78, 5) is 0. The van der Waals surface area contributed by atoms with Gasteiger partial charge in [0.1, 0.15) is 0 Å². The van der Waals surface area contributed by atoms with Crippen LogP contribution < -0.4 is 0 Å². The van der Waals surface area contributed by atoms with Crippen LogP contribution in [0.25, 0.3) is 5.69 Å². The van der Waals surface area contributed by atoms with Crippen molar-refractivity contribution in [3.63, 3.8) is 0 Å². The van der Waals surface area contributed by atoms with E-state index < -0.39 is 11.9 Å². The van der Waals surface area contributed by atoms with Gasteiger partial charge >= 0.3 is 6.18 Å². The molecular weight excluding hydrogens is 265 g/mol. The number of alkyl halides is 4. The highest BCUT2D eigenvalue weighted by molar-refractivity contribution is 6.17. The summed E-state index contributed by atoms with van der Waals surface area (Å²) in [5, 5.41) is 3.53. The second-order valence-electron chi connectivity index (χ2n) is 3.90. The molecule has 0 radical (unpaired) electrons. The van der Waals surface area contributed by atoms with E-state index in [0.717, 1.165) is 17.2 Å². The molecule has 0 spiro atoms. The van der Waals surface area contributed by atoms with E-state index in [1.54, 1.807) is 19.1 Å². The summed E-state index contributed by atoms with van der Waals surface area (Å²) in [7, 11) is 0. The number of aromatic nitrogens is 2. The third kappa shape index (κ3) is 2.51. The van der Waals surface area contributed by atoms with Gasteiger partial charge < -0.3 is 0 Å². The lowest BCUT2D eigenvalue weighted by molar-refractivity contribution is -0.141. The number of hydrogen-bond donors (Lipinski definition) is 0. The molecule has 1 heterocycles. The Kier molecular flexibility index (Phi) is 3.34. The summed E-state index contributed by atoms with van der Waals surface area (Å²) < 4.78 is 38.5. The van der Waals surface area contributed by atoms with E-state index in [9.17, 15) is 13.2 Å². The Hall–Kier alpha value is -1.49. The predicted octanol–water partition coefficient (Wildman–Crippen LogP) is 3.94. The van der Waals surface area contributed by atoms with Crippen LogP contribution in [-0.4, -0.2) is 9.78 Å². The van der Waals surface area contributed by atoms with Crippen molar-refractivity contribution in [1.29, 1.82) is 0 Å². The molecule has 0 N–H and O–H groups in total. The quantitative estimate of drug-likeness (QED) is 0.759. The normalized spacial score (nSPS) is 11.8. The van der Waals surface area contributed by atoms with Gasteiger partial charge in [-0.3, -0.25) is 0 Å². The average Bonchev–Trinajstić information content (AvgIpc) is 2.77. The van der Waals surface area contributed by atoms with Crippen molar-refractivity contribution in [1.82, 2.24) is 9.78 Å². The molecule has 18 heavy (non-hydrogen) atoms. The van der Waals surface area contributed by atoms with Crippen molar-refractivity contribution < 1.29 is 13.2 Å². The summed E-state index contributed by atoms with van der Waals surface area (Å²) >= 11 is 5.69.